The first-order valence-corrected chi connectivity index (χ1v) is 9.89. The minimum Gasteiger partial charge on any atom is -0.454 e. The summed E-state index contributed by atoms with van der Waals surface area (Å²) in [4.78, 5) is 6.67. The van der Waals surface area contributed by atoms with Crippen molar-refractivity contribution < 1.29 is 13.7 Å². The summed E-state index contributed by atoms with van der Waals surface area (Å²) < 4.78 is 22.7. The van der Waals surface area contributed by atoms with Crippen LogP contribution in [-0.4, -0.2) is 52.5 Å². The summed E-state index contributed by atoms with van der Waals surface area (Å²) in [6.07, 6.45) is 0. The first kappa shape index (κ1) is 19.6. The first-order valence-electron chi connectivity index (χ1n) is 8.57. The Hall–Kier alpha value is -1.76. The lowest BCUT2D eigenvalue weighted by Crippen LogP contribution is -2.39. The molecule has 2 rings (SSSR count). The number of nitrogens with zero attached hydrogens (tertiary/aromatic N) is 2. The predicted molar refractivity (Wildman–Crippen MR) is 103 cm³/mol. The maximum atomic E-state index is 12.2. The average Bonchev–Trinajstić information content (AvgIpc) is 3.00. The minimum atomic E-state index is -0.893. The second kappa shape index (κ2) is 8.56. The number of hydrogen-bond donors (Lipinski definition) is 1. The summed E-state index contributed by atoms with van der Waals surface area (Å²) >= 11 is 0. The van der Waals surface area contributed by atoms with Crippen LogP contribution >= 0.6 is 0 Å². The van der Waals surface area contributed by atoms with E-state index in [-0.39, 0.29) is 11.5 Å². The van der Waals surface area contributed by atoms with Crippen molar-refractivity contribution in [3.63, 3.8) is 0 Å². The molecular weight excluding hydrogens is 338 g/mol. The van der Waals surface area contributed by atoms with Gasteiger partial charge in [0.1, 0.15) is 0 Å². The molecule has 1 aliphatic heterocycles. The van der Waals surface area contributed by atoms with Gasteiger partial charge in [0, 0.05) is 41.4 Å². The second-order valence-corrected chi connectivity index (χ2v) is 9.27. The predicted octanol–water partition coefficient (Wildman–Crippen LogP) is 2.36. The van der Waals surface area contributed by atoms with E-state index in [4.69, 9.17) is 9.47 Å². The van der Waals surface area contributed by atoms with E-state index in [1.807, 2.05) is 52.9 Å². The monoisotopic (exact) mass is 367 g/mol. The number of guanidine groups is 1. The number of ether oxygens (including phenoxy) is 2. The first-order chi connectivity index (χ1) is 11.8. The van der Waals surface area contributed by atoms with Crippen LogP contribution in [0.2, 0.25) is 0 Å². The van der Waals surface area contributed by atoms with E-state index in [9.17, 15) is 4.21 Å². The van der Waals surface area contributed by atoms with Crippen molar-refractivity contribution in [1.82, 2.24) is 10.2 Å². The lowest BCUT2D eigenvalue weighted by Gasteiger charge is -2.23. The number of rotatable bonds is 6. The van der Waals surface area contributed by atoms with Crippen LogP contribution in [0.4, 0.5) is 0 Å². The van der Waals surface area contributed by atoms with E-state index < -0.39 is 10.8 Å². The average molecular weight is 368 g/mol. The van der Waals surface area contributed by atoms with Crippen molar-refractivity contribution in [3.8, 4) is 11.5 Å². The molecule has 1 aromatic rings. The molecule has 1 aliphatic rings. The third kappa shape index (κ3) is 5.63. The van der Waals surface area contributed by atoms with Gasteiger partial charge in [-0.2, -0.15) is 0 Å². The Kier molecular flexibility index (Phi) is 6.70. The third-order valence-corrected chi connectivity index (χ3v) is 5.69. The van der Waals surface area contributed by atoms with Gasteiger partial charge in [0.15, 0.2) is 17.5 Å². The van der Waals surface area contributed by atoms with Crippen molar-refractivity contribution in [1.29, 1.82) is 0 Å². The molecule has 1 heterocycles. The van der Waals surface area contributed by atoms with Gasteiger partial charge in [0.05, 0.1) is 6.54 Å². The van der Waals surface area contributed by atoms with Crippen LogP contribution in [0, 0.1) is 0 Å². The topological polar surface area (TPSA) is 63.2 Å². The number of nitrogens with one attached hydrogen (secondary N) is 1. The fourth-order valence-corrected chi connectivity index (χ4v) is 3.27. The normalized spacial score (nSPS) is 15.2. The summed E-state index contributed by atoms with van der Waals surface area (Å²) in [7, 11) is 1.10. The van der Waals surface area contributed by atoms with Crippen LogP contribution in [0.5, 0.6) is 11.5 Å². The van der Waals surface area contributed by atoms with E-state index in [1.54, 1.807) is 0 Å². The zero-order chi connectivity index (χ0) is 18.4. The van der Waals surface area contributed by atoms with Crippen molar-refractivity contribution in [3.05, 3.63) is 23.8 Å². The molecule has 140 valence electrons. The zero-order valence-corrected chi connectivity index (χ0v) is 16.6. The highest BCUT2D eigenvalue weighted by Gasteiger charge is 2.19. The molecule has 1 aromatic carbocycles. The Morgan fingerprint density at radius 2 is 2.04 bits per heavy atom. The Bertz CT molecular complexity index is 641. The zero-order valence-electron chi connectivity index (χ0n) is 15.8. The highest BCUT2D eigenvalue weighted by molar-refractivity contribution is 7.86. The molecule has 0 fully saturated rings. The van der Waals surface area contributed by atoms with Crippen molar-refractivity contribution in [2.24, 2.45) is 4.99 Å². The summed E-state index contributed by atoms with van der Waals surface area (Å²) in [5.41, 5.74) is 1.12. The van der Waals surface area contributed by atoms with Crippen LogP contribution in [0.3, 0.4) is 0 Å². The fraction of sp³-hybridized carbons (Fsp3) is 0.611. The molecule has 1 N–H and O–H groups in total. The van der Waals surface area contributed by atoms with Crippen LogP contribution in [0.25, 0.3) is 0 Å². The van der Waals surface area contributed by atoms with Gasteiger partial charge < -0.3 is 19.7 Å². The number of aliphatic imine (C=N–C) groups is 1. The van der Waals surface area contributed by atoms with Gasteiger partial charge in [0.2, 0.25) is 6.79 Å². The molecule has 6 nitrogen and oxygen atoms in total. The SMILES string of the molecule is CCNC(=NCCS(=O)C(C)(C)C)N(C)Cc1ccc2c(c1)OCO2. The minimum absolute atomic E-state index is 0.202. The molecular formula is C18H29N3O3S. The van der Waals surface area contributed by atoms with Crippen molar-refractivity contribution >= 4 is 16.8 Å². The van der Waals surface area contributed by atoms with E-state index in [2.05, 4.69) is 15.2 Å². The molecule has 0 amide bonds. The van der Waals surface area contributed by atoms with Crippen molar-refractivity contribution in [2.45, 2.75) is 39.0 Å². The van der Waals surface area contributed by atoms with Gasteiger partial charge in [0.25, 0.3) is 0 Å². The van der Waals surface area contributed by atoms with Crippen LogP contribution in [0.1, 0.15) is 33.3 Å². The molecule has 0 aliphatic carbocycles. The summed E-state index contributed by atoms with van der Waals surface area (Å²) in [5, 5.41) is 3.29. The fourth-order valence-electron chi connectivity index (χ4n) is 2.40. The highest BCUT2D eigenvalue weighted by Crippen LogP contribution is 2.32. The second-order valence-electron chi connectivity index (χ2n) is 6.94. The molecule has 0 bridgehead atoms. The smallest absolute Gasteiger partial charge is 0.231 e. The van der Waals surface area contributed by atoms with Crippen LogP contribution < -0.4 is 14.8 Å². The van der Waals surface area contributed by atoms with Gasteiger partial charge in [-0.15, -0.1) is 0 Å². The van der Waals surface area contributed by atoms with Gasteiger partial charge in [-0.3, -0.25) is 9.20 Å². The Balaban J connectivity index is 1.98. The lowest BCUT2D eigenvalue weighted by atomic mass is 10.2. The maximum Gasteiger partial charge on any atom is 0.231 e. The quantitative estimate of drug-likeness (QED) is 0.618. The third-order valence-electron chi connectivity index (χ3n) is 3.77. The Morgan fingerprint density at radius 3 is 2.72 bits per heavy atom. The summed E-state index contributed by atoms with van der Waals surface area (Å²) in [5.74, 6) is 2.95. The maximum absolute atomic E-state index is 12.2. The molecule has 0 aromatic heterocycles. The molecule has 0 saturated carbocycles. The lowest BCUT2D eigenvalue weighted by molar-refractivity contribution is 0.174. The molecule has 25 heavy (non-hydrogen) atoms. The molecule has 1 atom stereocenters. The van der Waals surface area contributed by atoms with Gasteiger partial charge in [-0.25, -0.2) is 0 Å². The van der Waals surface area contributed by atoms with Crippen LogP contribution in [-0.2, 0) is 17.3 Å². The summed E-state index contributed by atoms with van der Waals surface area (Å²) in [6.45, 7) is 10.3. The number of fused-ring (bicyclic) bond motifs is 1. The van der Waals surface area contributed by atoms with Gasteiger partial charge in [-0.05, 0) is 45.4 Å². The van der Waals surface area contributed by atoms with E-state index in [1.165, 1.54) is 0 Å². The standard InChI is InChI=1S/C18H29N3O3S/c1-6-19-17(20-9-10-25(22)18(2,3)4)21(5)12-14-7-8-15-16(11-14)24-13-23-15/h7-8,11H,6,9-10,12-13H2,1-5H3,(H,19,20). The molecule has 7 heteroatoms. The largest absolute Gasteiger partial charge is 0.454 e. The molecule has 0 radical (unpaired) electrons. The number of hydrogen-bond acceptors (Lipinski definition) is 4. The van der Waals surface area contributed by atoms with Gasteiger partial charge >= 0.3 is 0 Å². The van der Waals surface area contributed by atoms with E-state index in [0.717, 1.165) is 29.6 Å². The number of benzene rings is 1. The van der Waals surface area contributed by atoms with E-state index in [0.29, 0.717) is 18.8 Å². The molecule has 1 unspecified atom stereocenters. The van der Waals surface area contributed by atoms with Crippen molar-refractivity contribution in [2.75, 3.05) is 32.7 Å². The highest BCUT2D eigenvalue weighted by atomic mass is 32.2. The summed E-state index contributed by atoms with van der Waals surface area (Å²) in [6, 6.07) is 5.96. The Labute approximate surface area is 153 Å². The van der Waals surface area contributed by atoms with E-state index >= 15 is 0 Å². The van der Waals surface area contributed by atoms with Crippen LogP contribution in [0.15, 0.2) is 23.2 Å². The molecule has 0 saturated heterocycles. The Morgan fingerprint density at radius 1 is 1.32 bits per heavy atom. The molecule has 0 spiro atoms. The van der Waals surface area contributed by atoms with Gasteiger partial charge in [-0.1, -0.05) is 6.07 Å².